The molecule has 0 atom stereocenters. The second kappa shape index (κ2) is 6.22. The van der Waals surface area contributed by atoms with E-state index in [4.69, 9.17) is 16.9 Å². The van der Waals surface area contributed by atoms with Gasteiger partial charge in [-0.25, -0.2) is 13.4 Å². The number of pyridine rings is 1. The lowest BCUT2D eigenvalue weighted by Gasteiger charge is -2.17. The van der Waals surface area contributed by atoms with Gasteiger partial charge in [0.2, 0.25) is 10.0 Å². The summed E-state index contributed by atoms with van der Waals surface area (Å²) in [7, 11) is -2.17. The number of nitriles is 1. The molecule has 0 unspecified atom stereocenters. The molecular formula is C14H12ClN3O2S. The largest absolute Gasteiger partial charge is 0.244 e. The fourth-order valence-corrected chi connectivity index (χ4v) is 2.99. The van der Waals surface area contributed by atoms with Crippen LogP contribution in [0.1, 0.15) is 11.1 Å². The Morgan fingerprint density at radius 1 is 1.33 bits per heavy atom. The second-order valence-electron chi connectivity index (χ2n) is 4.39. The Balaban J connectivity index is 2.24. The van der Waals surface area contributed by atoms with Gasteiger partial charge in [0, 0.05) is 19.8 Å². The van der Waals surface area contributed by atoms with Crippen LogP contribution in [-0.2, 0) is 16.6 Å². The molecule has 108 valence electrons. The third-order valence-corrected chi connectivity index (χ3v) is 4.88. The monoisotopic (exact) mass is 321 g/mol. The van der Waals surface area contributed by atoms with Gasteiger partial charge in [0.25, 0.3) is 0 Å². The summed E-state index contributed by atoms with van der Waals surface area (Å²) >= 11 is 5.65. The molecule has 0 aliphatic heterocycles. The number of benzene rings is 1. The van der Waals surface area contributed by atoms with Crippen LogP contribution in [0.25, 0.3) is 0 Å². The van der Waals surface area contributed by atoms with Crippen LogP contribution in [0.2, 0.25) is 5.15 Å². The van der Waals surface area contributed by atoms with Gasteiger partial charge in [-0.2, -0.15) is 9.57 Å². The second-order valence-corrected chi connectivity index (χ2v) is 6.82. The van der Waals surface area contributed by atoms with Crippen molar-refractivity contribution >= 4 is 21.6 Å². The highest BCUT2D eigenvalue weighted by atomic mass is 35.5. The van der Waals surface area contributed by atoms with E-state index in [1.807, 2.05) is 6.07 Å². The summed E-state index contributed by atoms with van der Waals surface area (Å²) in [6, 6.07) is 11.7. The van der Waals surface area contributed by atoms with Crippen molar-refractivity contribution in [2.75, 3.05) is 7.05 Å². The lowest BCUT2D eigenvalue weighted by molar-refractivity contribution is 0.466. The average Bonchev–Trinajstić information content (AvgIpc) is 2.48. The number of hydrogen-bond donors (Lipinski definition) is 0. The molecule has 1 aromatic heterocycles. The van der Waals surface area contributed by atoms with E-state index in [1.165, 1.54) is 29.7 Å². The Labute approximate surface area is 128 Å². The van der Waals surface area contributed by atoms with Crippen molar-refractivity contribution in [3.63, 3.8) is 0 Å². The highest BCUT2D eigenvalue weighted by Gasteiger charge is 2.21. The zero-order valence-electron chi connectivity index (χ0n) is 11.2. The number of rotatable bonds is 4. The minimum atomic E-state index is -3.64. The van der Waals surface area contributed by atoms with Crippen LogP contribution in [0.4, 0.5) is 0 Å². The van der Waals surface area contributed by atoms with Gasteiger partial charge in [-0.1, -0.05) is 23.7 Å². The molecular weight excluding hydrogens is 310 g/mol. The number of aromatic nitrogens is 1. The van der Waals surface area contributed by atoms with Crippen molar-refractivity contribution in [2.45, 2.75) is 11.4 Å². The first-order chi connectivity index (χ1) is 9.93. The summed E-state index contributed by atoms with van der Waals surface area (Å²) in [6.45, 7) is 0.167. The Hall–Kier alpha value is -1.94. The van der Waals surface area contributed by atoms with Crippen LogP contribution in [0.15, 0.2) is 47.5 Å². The minimum absolute atomic E-state index is 0.0748. The molecule has 1 heterocycles. The van der Waals surface area contributed by atoms with Crippen LogP contribution in [-0.4, -0.2) is 24.8 Å². The van der Waals surface area contributed by atoms with E-state index in [0.29, 0.717) is 5.56 Å². The number of halogens is 1. The standard InChI is InChI=1S/C14H12ClN3O2S/c1-18(10-12-4-2-3-11(7-12)8-16)21(19,20)13-5-6-14(15)17-9-13/h2-7,9H,10H2,1H3. The normalized spacial score (nSPS) is 11.3. The van der Waals surface area contributed by atoms with E-state index >= 15 is 0 Å². The highest BCUT2D eigenvalue weighted by molar-refractivity contribution is 7.89. The van der Waals surface area contributed by atoms with Gasteiger partial charge in [0.1, 0.15) is 10.0 Å². The third-order valence-electron chi connectivity index (χ3n) is 2.87. The molecule has 0 radical (unpaired) electrons. The summed E-state index contributed by atoms with van der Waals surface area (Å²) in [5.41, 5.74) is 1.23. The lowest BCUT2D eigenvalue weighted by Crippen LogP contribution is -2.26. The van der Waals surface area contributed by atoms with Crippen LogP contribution < -0.4 is 0 Å². The summed E-state index contributed by atoms with van der Waals surface area (Å²) in [6.07, 6.45) is 1.22. The summed E-state index contributed by atoms with van der Waals surface area (Å²) in [5.74, 6) is 0. The Bertz CT molecular complexity index is 783. The van der Waals surface area contributed by atoms with Gasteiger partial charge in [0.15, 0.2) is 0 Å². The summed E-state index contributed by atoms with van der Waals surface area (Å²) < 4.78 is 26.0. The molecule has 0 amide bonds. The first-order valence-electron chi connectivity index (χ1n) is 6.00. The first kappa shape index (κ1) is 15.4. The maximum atomic E-state index is 12.4. The van der Waals surface area contributed by atoms with Gasteiger partial charge in [-0.05, 0) is 29.8 Å². The Morgan fingerprint density at radius 2 is 2.10 bits per heavy atom. The Kier molecular flexibility index (Phi) is 4.58. The van der Waals surface area contributed by atoms with Gasteiger partial charge < -0.3 is 0 Å². The van der Waals surface area contributed by atoms with Gasteiger partial charge in [0.05, 0.1) is 11.6 Å². The van der Waals surface area contributed by atoms with Crippen LogP contribution in [0, 0.1) is 11.3 Å². The van der Waals surface area contributed by atoms with Crippen molar-refractivity contribution in [3.8, 4) is 6.07 Å². The molecule has 1 aromatic carbocycles. The van der Waals surface area contributed by atoms with Crippen LogP contribution >= 0.6 is 11.6 Å². The fourth-order valence-electron chi connectivity index (χ4n) is 1.78. The maximum Gasteiger partial charge on any atom is 0.244 e. The highest BCUT2D eigenvalue weighted by Crippen LogP contribution is 2.17. The topological polar surface area (TPSA) is 74.1 Å². The molecule has 0 spiro atoms. The van der Waals surface area contributed by atoms with Gasteiger partial charge >= 0.3 is 0 Å². The van der Waals surface area contributed by atoms with Gasteiger partial charge in [-0.15, -0.1) is 0 Å². The van der Waals surface area contributed by atoms with Crippen LogP contribution in [0.5, 0.6) is 0 Å². The molecule has 2 rings (SSSR count). The van der Waals surface area contributed by atoms with Crippen molar-refractivity contribution in [3.05, 3.63) is 58.9 Å². The van der Waals surface area contributed by atoms with E-state index in [-0.39, 0.29) is 16.6 Å². The van der Waals surface area contributed by atoms with E-state index in [0.717, 1.165) is 5.56 Å². The average molecular weight is 322 g/mol. The SMILES string of the molecule is CN(Cc1cccc(C#N)c1)S(=O)(=O)c1ccc(Cl)nc1. The molecule has 0 saturated heterocycles. The van der Waals surface area contributed by atoms with Crippen LogP contribution in [0.3, 0.4) is 0 Å². The minimum Gasteiger partial charge on any atom is -0.243 e. The number of hydrogen-bond acceptors (Lipinski definition) is 4. The molecule has 0 saturated carbocycles. The predicted molar refractivity (Wildman–Crippen MR) is 79.1 cm³/mol. The molecule has 0 aliphatic carbocycles. The molecule has 5 nitrogen and oxygen atoms in total. The lowest BCUT2D eigenvalue weighted by atomic mass is 10.1. The zero-order valence-corrected chi connectivity index (χ0v) is 12.8. The number of nitrogens with zero attached hydrogens (tertiary/aromatic N) is 3. The fraction of sp³-hybridized carbons (Fsp3) is 0.143. The predicted octanol–water partition coefficient (Wildman–Crippen LogP) is 2.43. The van der Waals surface area contributed by atoms with E-state index in [1.54, 1.807) is 24.3 Å². The van der Waals surface area contributed by atoms with E-state index in [2.05, 4.69) is 4.98 Å². The summed E-state index contributed by atoms with van der Waals surface area (Å²) in [5, 5.41) is 9.09. The van der Waals surface area contributed by atoms with E-state index < -0.39 is 10.0 Å². The molecule has 0 bridgehead atoms. The molecule has 0 fully saturated rings. The van der Waals surface area contributed by atoms with Gasteiger partial charge in [-0.3, -0.25) is 0 Å². The first-order valence-corrected chi connectivity index (χ1v) is 7.82. The smallest absolute Gasteiger partial charge is 0.243 e. The molecule has 21 heavy (non-hydrogen) atoms. The quantitative estimate of drug-likeness (QED) is 0.811. The summed E-state index contributed by atoms with van der Waals surface area (Å²) in [4.78, 5) is 3.85. The van der Waals surface area contributed by atoms with Crippen molar-refractivity contribution < 1.29 is 8.42 Å². The number of sulfonamides is 1. The maximum absolute atomic E-state index is 12.4. The molecule has 7 heteroatoms. The molecule has 2 aromatic rings. The third kappa shape index (κ3) is 3.58. The van der Waals surface area contributed by atoms with Crippen molar-refractivity contribution in [1.82, 2.24) is 9.29 Å². The zero-order chi connectivity index (χ0) is 15.5. The van der Waals surface area contributed by atoms with Crippen molar-refractivity contribution in [2.24, 2.45) is 0 Å². The van der Waals surface area contributed by atoms with Crippen molar-refractivity contribution in [1.29, 1.82) is 5.26 Å². The van der Waals surface area contributed by atoms with E-state index in [9.17, 15) is 8.42 Å². The molecule has 0 aliphatic rings. The molecule has 0 N–H and O–H groups in total. The Morgan fingerprint density at radius 3 is 2.71 bits per heavy atom.